The summed E-state index contributed by atoms with van der Waals surface area (Å²) >= 11 is 12.9. The maximum atomic E-state index is 12.7. The van der Waals surface area contributed by atoms with Crippen LogP contribution in [0, 0.1) is 0 Å². The molecule has 1 aromatic rings. The molecule has 318 valence electrons. The van der Waals surface area contributed by atoms with Crippen molar-refractivity contribution in [3.8, 4) is 0 Å². The van der Waals surface area contributed by atoms with E-state index >= 15 is 0 Å². The van der Waals surface area contributed by atoms with Crippen molar-refractivity contribution in [2.24, 2.45) is 0 Å². The van der Waals surface area contributed by atoms with E-state index in [0.717, 1.165) is 64.2 Å². The maximum Gasteiger partial charge on any atom is 0.510 e. The third-order valence-corrected chi connectivity index (χ3v) is 10.5. The molecule has 0 radical (unpaired) electrons. The van der Waals surface area contributed by atoms with Crippen LogP contribution in [-0.4, -0.2) is 46.7 Å². The molecular weight excluding hydrogens is 739 g/mol. The van der Waals surface area contributed by atoms with Gasteiger partial charge in [0.15, 0.2) is 11.1 Å². The number of aromatic carboxylic acids is 1. The van der Waals surface area contributed by atoms with Crippen LogP contribution in [0.15, 0.2) is 18.2 Å². The van der Waals surface area contributed by atoms with Gasteiger partial charge < -0.3 is 24.1 Å². The lowest BCUT2D eigenvalue weighted by molar-refractivity contribution is 0.00912. The van der Waals surface area contributed by atoms with Gasteiger partial charge in [-0.3, -0.25) is 0 Å². The molecule has 0 amide bonds. The molecule has 4 unspecified atom stereocenters. The second-order valence-corrected chi connectivity index (χ2v) is 16.3. The topological polar surface area (TPSA) is 108 Å². The smallest absolute Gasteiger partial charge is 0.478 e. The second-order valence-electron chi connectivity index (χ2n) is 15.3. The molecule has 55 heavy (non-hydrogen) atoms. The molecule has 0 aromatic heterocycles. The average Bonchev–Trinajstić information content (AvgIpc) is 3.12. The van der Waals surface area contributed by atoms with Crippen LogP contribution < -0.4 is 0 Å². The van der Waals surface area contributed by atoms with Gasteiger partial charge in [-0.05, 0) is 61.8 Å². The standard InChI is InChI=1S/C45H76Cl2O8/c1-5-9-11-13-15-17-19-21-23-25-29-39(27-7-3)52-44(50)54-41(46)34-36-31-37(33-38(32-36)43(48)49)35-42(47)55-45(51)53-40(28-8-4)30-26-24-22-20-18-16-14-12-10-6-2/h31-33,39-42H,5-30,34-35H2,1-4H3,(H,48,49). The third kappa shape index (κ3) is 28.0. The van der Waals surface area contributed by atoms with Crippen LogP contribution in [0.4, 0.5) is 9.59 Å². The lowest BCUT2D eigenvalue weighted by atomic mass is 10.0. The minimum absolute atomic E-state index is 0.0180. The van der Waals surface area contributed by atoms with Crippen molar-refractivity contribution in [3.05, 3.63) is 34.9 Å². The van der Waals surface area contributed by atoms with E-state index in [0.29, 0.717) is 11.1 Å². The normalized spacial score (nSPS) is 13.5. The molecule has 0 spiro atoms. The van der Waals surface area contributed by atoms with Gasteiger partial charge in [0.1, 0.15) is 12.2 Å². The molecule has 0 aliphatic rings. The molecule has 4 atom stereocenters. The van der Waals surface area contributed by atoms with E-state index in [1.165, 1.54) is 115 Å². The van der Waals surface area contributed by atoms with Crippen molar-refractivity contribution in [3.63, 3.8) is 0 Å². The minimum Gasteiger partial charge on any atom is -0.478 e. The molecule has 0 saturated carbocycles. The van der Waals surface area contributed by atoms with Crippen LogP contribution >= 0.6 is 23.2 Å². The first-order valence-corrected chi connectivity index (χ1v) is 22.9. The predicted molar refractivity (Wildman–Crippen MR) is 226 cm³/mol. The van der Waals surface area contributed by atoms with E-state index < -0.39 is 29.4 Å². The number of ether oxygens (including phenoxy) is 4. The second kappa shape index (κ2) is 33.9. The van der Waals surface area contributed by atoms with E-state index in [9.17, 15) is 19.5 Å². The number of rotatable bonds is 35. The van der Waals surface area contributed by atoms with E-state index in [1.54, 1.807) is 6.07 Å². The van der Waals surface area contributed by atoms with Crippen molar-refractivity contribution >= 4 is 41.5 Å². The Bertz CT molecular complexity index is 1060. The third-order valence-electron chi connectivity index (χ3n) is 10.0. The Morgan fingerprint density at radius 2 is 0.800 bits per heavy atom. The largest absolute Gasteiger partial charge is 0.510 e. The minimum atomic E-state index is -1.13. The molecule has 0 heterocycles. The highest BCUT2D eigenvalue weighted by molar-refractivity contribution is 6.20. The first-order valence-electron chi connectivity index (χ1n) is 22.0. The number of carboxylic acid groups (broad SMARTS) is 1. The van der Waals surface area contributed by atoms with Crippen molar-refractivity contribution < 1.29 is 38.4 Å². The van der Waals surface area contributed by atoms with Crippen LogP contribution in [-0.2, 0) is 31.8 Å². The van der Waals surface area contributed by atoms with Gasteiger partial charge in [-0.15, -0.1) is 0 Å². The average molecular weight is 816 g/mol. The Balaban J connectivity index is 2.56. The summed E-state index contributed by atoms with van der Waals surface area (Å²) in [4.78, 5) is 37.3. The Morgan fingerprint density at radius 1 is 0.473 bits per heavy atom. The zero-order valence-corrected chi connectivity index (χ0v) is 36.4. The first-order chi connectivity index (χ1) is 26.6. The van der Waals surface area contributed by atoms with Crippen LogP contribution in [0.3, 0.4) is 0 Å². The van der Waals surface area contributed by atoms with Gasteiger partial charge in [0.05, 0.1) is 5.56 Å². The number of carbonyl (C=O) groups excluding carboxylic acids is 2. The molecule has 0 bridgehead atoms. The summed E-state index contributed by atoms with van der Waals surface area (Å²) in [6.07, 6.45) is 27.6. The molecule has 0 aliphatic carbocycles. The highest BCUT2D eigenvalue weighted by atomic mass is 35.5. The Hall–Kier alpha value is -2.19. The molecule has 1 N–H and O–H groups in total. The van der Waals surface area contributed by atoms with Crippen molar-refractivity contribution in [2.75, 3.05) is 0 Å². The van der Waals surface area contributed by atoms with Crippen LogP contribution in [0.5, 0.6) is 0 Å². The number of halogens is 2. The van der Waals surface area contributed by atoms with Gasteiger partial charge in [-0.2, -0.15) is 0 Å². The zero-order valence-electron chi connectivity index (χ0n) is 34.9. The number of benzene rings is 1. The highest BCUT2D eigenvalue weighted by Gasteiger charge is 2.22. The van der Waals surface area contributed by atoms with Crippen LogP contribution in [0.1, 0.15) is 216 Å². The fourth-order valence-electron chi connectivity index (χ4n) is 7.00. The lowest BCUT2D eigenvalue weighted by Gasteiger charge is -2.19. The molecule has 0 fully saturated rings. The van der Waals surface area contributed by atoms with Gasteiger partial charge in [0.2, 0.25) is 0 Å². The van der Waals surface area contributed by atoms with E-state index in [4.69, 9.17) is 42.1 Å². The van der Waals surface area contributed by atoms with E-state index in [2.05, 4.69) is 27.7 Å². The van der Waals surface area contributed by atoms with Gasteiger partial charge in [-0.25, -0.2) is 14.4 Å². The fourth-order valence-corrected chi connectivity index (χ4v) is 7.50. The number of unbranched alkanes of at least 4 members (excludes halogenated alkanes) is 18. The first kappa shape index (κ1) is 50.8. The van der Waals surface area contributed by atoms with Crippen molar-refractivity contribution in [2.45, 2.75) is 231 Å². The molecular formula is C45H76Cl2O8. The Morgan fingerprint density at radius 3 is 1.11 bits per heavy atom. The molecule has 1 rings (SSSR count). The SMILES string of the molecule is CCCCCCCCCCCCC(CCC)OC(=O)OC(Cl)Cc1cc(CC(Cl)OC(=O)OC(CCC)CCCCCCCCCCCC)cc(C(=O)O)c1. The molecule has 0 aliphatic heterocycles. The molecule has 8 nitrogen and oxygen atoms in total. The summed E-state index contributed by atoms with van der Waals surface area (Å²) in [6, 6.07) is 4.67. The number of alkyl halides is 2. The van der Waals surface area contributed by atoms with Gasteiger partial charge in [0.25, 0.3) is 0 Å². The van der Waals surface area contributed by atoms with Crippen molar-refractivity contribution in [1.82, 2.24) is 0 Å². The monoisotopic (exact) mass is 814 g/mol. The van der Waals surface area contributed by atoms with Gasteiger partial charge >= 0.3 is 18.3 Å². The predicted octanol–water partition coefficient (Wildman–Crippen LogP) is 14.9. The highest BCUT2D eigenvalue weighted by Crippen LogP contribution is 2.22. The Labute approximate surface area is 344 Å². The summed E-state index contributed by atoms with van der Waals surface area (Å²) in [6.45, 7) is 8.59. The quantitative estimate of drug-likeness (QED) is 0.0410. The zero-order chi connectivity index (χ0) is 40.5. The van der Waals surface area contributed by atoms with Gasteiger partial charge in [0, 0.05) is 12.8 Å². The van der Waals surface area contributed by atoms with Crippen molar-refractivity contribution in [1.29, 1.82) is 0 Å². The number of hydrogen-bond donors (Lipinski definition) is 1. The number of hydrogen-bond acceptors (Lipinski definition) is 7. The summed E-state index contributed by atoms with van der Waals surface area (Å²) in [5.74, 6) is -1.13. The fraction of sp³-hybridized carbons (Fsp3) is 0.800. The van der Waals surface area contributed by atoms with E-state index in [-0.39, 0.29) is 30.6 Å². The molecule has 0 saturated heterocycles. The summed E-state index contributed by atoms with van der Waals surface area (Å²) in [5, 5.41) is 9.76. The van der Waals surface area contributed by atoms with Gasteiger partial charge in [-0.1, -0.05) is 185 Å². The summed E-state index contributed by atoms with van der Waals surface area (Å²) < 4.78 is 22.0. The number of carbonyl (C=O) groups is 3. The number of carboxylic acids is 1. The van der Waals surface area contributed by atoms with E-state index in [1.807, 2.05) is 0 Å². The Kier molecular flexibility index (Phi) is 31.3. The summed E-state index contributed by atoms with van der Waals surface area (Å²) in [5.41, 5.74) is -1.07. The lowest BCUT2D eigenvalue weighted by Crippen LogP contribution is -2.23. The maximum absolute atomic E-state index is 12.7. The van der Waals surface area contributed by atoms with Crippen LogP contribution in [0.25, 0.3) is 0 Å². The molecule has 1 aromatic carbocycles. The summed E-state index contributed by atoms with van der Waals surface area (Å²) in [7, 11) is 0. The van der Waals surface area contributed by atoms with Crippen LogP contribution in [0.2, 0.25) is 0 Å². The molecule has 10 heteroatoms.